The quantitative estimate of drug-likeness (QED) is 0.617. The molecule has 0 saturated heterocycles. The summed E-state index contributed by atoms with van der Waals surface area (Å²) >= 11 is 0. The minimum absolute atomic E-state index is 0.138. The van der Waals surface area contributed by atoms with Crippen molar-refractivity contribution in [1.82, 2.24) is 0 Å². The molecule has 0 aliphatic heterocycles. The Morgan fingerprint density at radius 2 is 2.09 bits per heavy atom. The average Bonchev–Trinajstić information content (AvgIpc) is 1.98. The zero-order chi connectivity index (χ0) is 8.85. The maximum absolute atomic E-state index is 9.37. The Hall–Kier alpha value is -0.340. The number of hydrogen-bond acceptors (Lipinski definition) is 2. The van der Waals surface area contributed by atoms with Gasteiger partial charge in [0.1, 0.15) is 6.10 Å². The molecule has 2 heteroatoms. The Morgan fingerprint density at radius 1 is 1.55 bits per heavy atom. The van der Waals surface area contributed by atoms with Gasteiger partial charge < -0.3 is 9.84 Å². The van der Waals surface area contributed by atoms with Gasteiger partial charge in [0.05, 0.1) is 12.2 Å². The van der Waals surface area contributed by atoms with Crippen molar-refractivity contribution in [2.24, 2.45) is 0 Å². The van der Waals surface area contributed by atoms with E-state index in [-0.39, 0.29) is 12.2 Å². The highest BCUT2D eigenvalue weighted by Gasteiger charge is 2.15. The molecular formula is C9H18O2. The van der Waals surface area contributed by atoms with Crippen molar-refractivity contribution in [3.05, 3.63) is 12.7 Å². The molecule has 0 aromatic carbocycles. The van der Waals surface area contributed by atoms with Gasteiger partial charge in [0.25, 0.3) is 0 Å². The average molecular weight is 158 g/mol. The normalized spacial score (nSPS) is 16.5. The second kappa shape index (κ2) is 5.33. The van der Waals surface area contributed by atoms with Gasteiger partial charge in [-0.2, -0.15) is 0 Å². The maximum Gasteiger partial charge on any atom is 0.101 e. The van der Waals surface area contributed by atoms with E-state index in [0.717, 1.165) is 0 Å². The lowest BCUT2D eigenvalue weighted by Crippen LogP contribution is -2.28. The summed E-state index contributed by atoms with van der Waals surface area (Å²) in [7, 11) is 0. The molecule has 2 atom stereocenters. The number of ether oxygens (including phenoxy) is 1. The molecule has 0 heterocycles. The van der Waals surface area contributed by atoms with Crippen LogP contribution in [-0.2, 0) is 4.74 Å². The van der Waals surface area contributed by atoms with Crippen molar-refractivity contribution in [2.45, 2.75) is 45.5 Å². The van der Waals surface area contributed by atoms with Gasteiger partial charge in [-0.25, -0.2) is 0 Å². The largest absolute Gasteiger partial charge is 0.390 e. The van der Waals surface area contributed by atoms with Crippen LogP contribution in [0.25, 0.3) is 0 Å². The van der Waals surface area contributed by atoms with Crippen molar-refractivity contribution < 1.29 is 9.84 Å². The van der Waals surface area contributed by atoms with E-state index < -0.39 is 6.10 Å². The van der Waals surface area contributed by atoms with Crippen molar-refractivity contribution in [2.75, 3.05) is 0 Å². The Morgan fingerprint density at radius 3 is 2.36 bits per heavy atom. The van der Waals surface area contributed by atoms with E-state index in [1.807, 2.05) is 20.8 Å². The SMILES string of the molecule is C=CC(OC(C)C)C(O)CC. The number of hydrogen-bond donors (Lipinski definition) is 1. The van der Waals surface area contributed by atoms with Gasteiger partial charge in [-0.3, -0.25) is 0 Å². The maximum atomic E-state index is 9.37. The Balaban J connectivity index is 3.84. The summed E-state index contributed by atoms with van der Waals surface area (Å²) < 4.78 is 5.38. The van der Waals surface area contributed by atoms with Crippen LogP contribution in [0.2, 0.25) is 0 Å². The van der Waals surface area contributed by atoms with Crippen molar-refractivity contribution in [3.63, 3.8) is 0 Å². The van der Waals surface area contributed by atoms with Gasteiger partial charge >= 0.3 is 0 Å². The van der Waals surface area contributed by atoms with Gasteiger partial charge in [0.2, 0.25) is 0 Å². The third-order valence-corrected chi connectivity index (χ3v) is 1.46. The monoisotopic (exact) mass is 158 g/mol. The van der Waals surface area contributed by atoms with Crippen molar-refractivity contribution in [1.29, 1.82) is 0 Å². The van der Waals surface area contributed by atoms with E-state index in [4.69, 9.17) is 4.74 Å². The van der Waals surface area contributed by atoms with Gasteiger partial charge in [-0.05, 0) is 20.3 Å². The lowest BCUT2D eigenvalue weighted by Gasteiger charge is -2.21. The molecule has 0 aromatic heterocycles. The molecular weight excluding hydrogens is 140 g/mol. The highest BCUT2D eigenvalue weighted by atomic mass is 16.5. The lowest BCUT2D eigenvalue weighted by atomic mass is 10.1. The molecule has 0 spiro atoms. The second-order valence-corrected chi connectivity index (χ2v) is 2.86. The highest BCUT2D eigenvalue weighted by Crippen LogP contribution is 2.07. The fourth-order valence-corrected chi connectivity index (χ4v) is 0.850. The smallest absolute Gasteiger partial charge is 0.101 e. The third-order valence-electron chi connectivity index (χ3n) is 1.46. The molecule has 0 bridgehead atoms. The van der Waals surface area contributed by atoms with Crippen LogP contribution < -0.4 is 0 Å². The van der Waals surface area contributed by atoms with Gasteiger partial charge in [0.15, 0.2) is 0 Å². The summed E-state index contributed by atoms with van der Waals surface area (Å²) in [5.74, 6) is 0. The summed E-state index contributed by atoms with van der Waals surface area (Å²) in [5.41, 5.74) is 0. The number of aliphatic hydroxyl groups excluding tert-OH is 1. The van der Waals surface area contributed by atoms with Crippen LogP contribution in [0.1, 0.15) is 27.2 Å². The molecule has 11 heavy (non-hydrogen) atoms. The van der Waals surface area contributed by atoms with Crippen LogP contribution in [0, 0.1) is 0 Å². The van der Waals surface area contributed by atoms with E-state index in [1.54, 1.807) is 6.08 Å². The zero-order valence-electron chi connectivity index (χ0n) is 7.58. The molecule has 1 N–H and O–H groups in total. The molecule has 0 radical (unpaired) electrons. The van der Waals surface area contributed by atoms with Crippen LogP contribution in [0.4, 0.5) is 0 Å². The lowest BCUT2D eigenvalue weighted by molar-refractivity contribution is -0.0396. The minimum atomic E-state index is -0.421. The van der Waals surface area contributed by atoms with E-state index >= 15 is 0 Å². The minimum Gasteiger partial charge on any atom is -0.390 e. The fourth-order valence-electron chi connectivity index (χ4n) is 0.850. The second-order valence-electron chi connectivity index (χ2n) is 2.86. The molecule has 0 saturated carbocycles. The van der Waals surface area contributed by atoms with Gasteiger partial charge in [-0.15, -0.1) is 6.58 Å². The molecule has 2 unspecified atom stereocenters. The Bertz CT molecular complexity index is 110. The summed E-state index contributed by atoms with van der Waals surface area (Å²) in [6.45, 7) is 9.41. The Labute approximate surface area is 68.9 Å². The molecule has 0 aliphatic carbocycles. The van der Waals surface area contributed by atoms with Crippen LogP contribution in [0.5, 0.6) is 0 Å². The number of rotatable bonds is 5. The van der Waals surface area contributed by atoms with Crippen molar-refractivity contribution in [3.8, 4) is 0 Å². The molecule has 0 fully saturated rings. The molecule has 0 rings (SSSR count). The fraction of sp³-hybridized carbons (Fsp3) is 0.778. The molecule has 0 aliphatic rings. The standard InChI is InChI=1S/C9H18O2/c1-5-8(10)9(6-2)11-7(3)4/h6-10H,2,5H2,1,3-4H3. The first-order valence-electron chi connectivity index (χ1n) is 4.07. The van der Waals surface area contributed by atoms with E-state index in [9.17, 15) is 5.11 Å². The predicted octanol–water partition coefficient (Wildman–Crippen LogP) is 1.74. The molecule has 0 aromatic rings. The topological polar surface area (TPSA) is 29.5 Å². The van der Waals surface area contributed by atoms with Gasteiger partial charge in [-0.1, -0.05) is 13.0 Å². The first-order valence-corrected chi connectivity index (χ1v) is 4.07. The van der Waals surface area contributed by atoms with Crippen LogP contribution in [-0.4, -0.2) is 23.4 Å². The van der Waals surface area contributed by atoms with E-state index in [1.165, 1.54) is 0 Å². The summed E-state index contributed by atoms with van der Waals surface area (Å²) in [6.07, 6.45) is 1.84. The first-order chi connectivity index (χ1) is 5.11. The Kier molecular flexibility index (Phi) is 5.16. The van der Waals surface area contributed by atoms with E-state index in [0.29, 0.717) is 6.42 Å². The molecule has 0 amide bonds. The summed E-state index contributed by atoms with van der Waals surface area (Å²) in [6, 6.07) is 0. The summed E-state index contributed by atoms with van der Waals surface area (Å²) in [5, 5.41) is 9.37. The third kappa shape index (κ3) is 4.17. The van der Waals surface area contributed by atoms with E-state index in [2.05, 4.69) is 6.58 Å². The van der Waals surface area contributed by atoms with Crippen molar-refractivity contribution >= 4 is 0 Å². The first kappa shape index (κ1) is 10.7. The van der Waals surface area contributed by atoms with Crippen LogP contribution in [0.3, 0.4) is 0 Å². The molecule has 66 valence electrons. The summed E-state index contributed by atoms with van der Waals surface area (Å²) in [4.78, 5) is 0. The predicted molar refractivity (Wildman–Crippen MR) is 46.5 cm³/mol. The van der Waals surface area contributed by atoms with Gasteiger partial charge in [0, 0.05) is 0 Å². The van der Waals surface area contributed by atoms with Crippen LogP contribution >= 0.6 is 0 Å². The zero-order valence-corrected chi connectivity index (χ0v) is 7.58. The van der Waals surface area contributed by atoms with Crippen LogP contribution in [0.15, 0.2) is 12.7 Å². The molecule has 2 nitrogen and oxygen atoms in total. The number of aliphatic hydroxyl groups is 1. The highest BCUT2D eigenvalue weighted by molar-refractivity contribution is 4.85.